The van der Waals surface area contributed by atoms with Gasteiger partial charge >= 0.3 is 0 Å². The Morgan fingerprint density at radius 1 is 0.750 bits per heavy atom. The number of nitrogens with one attached hydrogen (secondary N) is 1. The van der Waals surface area contributed by atoms with Crippen LogP contribution in [0.25, 0.3) is 0 Å². The van der Waals surface area contributed by atoms with Gasteiger partial charge in [0.15, 0.2) is 0 Å². The van der Waals surface area contributed by atoms with Crippen LogP contribution in [0.4, 0.5) is 13.2 Å². The van der Waals surface area contributed by atoms with E-state index in [1.54, 1.807) is 12.1 Å². The molecule has 106 valence electrons. The Bertz CT molecular complexity index is 578. The molecule has 0 aromatic heterocycles. The van der Waals surface area contributed by atoms with E-state index in [1.807, 2.05) is 13.8 Å². The van der Waals surface area contributed by atoms with E-state index < -0.39 is 11.6 Å². The second kappa shape index (κ2) is 6.09. The van der Waals surface area contributed by atoms with Crippen LogP contribution in [0, 0.1) is 17.5 Å². The first-order valence-corrected chi connectivity index (χ1v) is 6.43. The van der Waals surface area contributed by atoms with Gasteiger partial charge in [-0.3, -0.25) is 0 Å². The molecule has 0 amide bonds. The summed E-state index contributed by atoms with van der Waals surface area (Å²) in [6.45, 7) is 3.69. The normalized spacial score (nSPS) is 14.1. The van der Waals surface area contributed by atoms with Crippen molar-refractivity contribution in [2.24, 2.45) is 0 Å². The first-order chi connectivity index (χ1) is 9.45. The van der Waals surface area contributed by atoms with Crippen LogP contribution in [0.15, 0.2) is 42.5 Å². The van der Waals surface area contributed by atoms with E-state index in [9.17, 15) is 13.2 Å². The van der Waals surface area contributed by atoms with Gasteiger partial charge in [-0.2, -0.15) is 0 Å². The lowest BCUT2D eigenvalue weighted by Gasteiger charge is -2.21. The fourth-order valence-corrected chi connectivity index (χ4v) is 2.17. The number of benzene rings is 2. The van der Waals surface area contributed by atoms with Gasteiger partial charge in [0, 0.05) is 18.2 Å². The van der Waals surface area contributed by atoms with Gasteiger partial charge in [0.05, 0.1) is 0 Å². The predicted molar refractivity (Wildman–Crippen MR) is 72.7 cm³/mol. The van der Waals surface area contributed by atoms with Gasteiger partial charge in [0.2, 0.25) is 0 Å². The average molecular weight is 279 g/mol. The van der Waals surface area contributed by atoms with Gasteiger partial charge in [0.1, 0.15) is 17.5 Å². The molecule has 0 aliphatic carbocycles. The lowest BCUT2D eigenvalue weighted by Crippen LogP contribution is -2.22. The van der Waals surface area contributed by atoms with E-state index in [0.717, 1.165) is 11.6 Å². The van der Waals surface area contributed by atoms with E-state index in [4.69, 9.17) is 0 Å². The summed E-state index contributed by atoms with van der Waals surface area (Å²) in [7, 11) is 0. The molecule has 0 fully saturated rings. The fourth-order valence-electron chi connectivity index (χ4n) is 2.17. The molecule has 0 aliphatic rings. The zero-order valence-corrected chi connectivity index (χ0v) is 11.3. The summed E-state index contributed by atoms with van der Waals surface area (Å²) in [5.74, 6) is -1.51. The largest absolute Gasteiger partial charge is 0.304 e. The van der Waals surface area contributed by atoms with E-state index >= 15 is 0 Å². The van der Waals surface area contributed by atoms with Crippen molar-refractivity contribution in [3.8, 4) is 0 Å². The van der Waals surface area contributed by atoms with Crippen LogP contribution >= 0.6 is 0 Å². The van der Waals surface area contributed by atoms with Gasteiger partial charge in [-0.15, -0.1) is 0 Å². The van der Waals surface area contributed by atoms with Gasteiger partial charge in [0.25, 0.3) is 0 Å². The molecule has 0 spiro atoms. The lowest BCUT2D eigenvalue weighted by molar-refractivity contribution is 0.485. The van der Waals surface area contributed by atoms with Crippen molar-refractivity contribution >= 4 is 0 Å². The van der Waals surface area contributed by atoms with Crippen LogP contribution in [0.5, 0.6) is 0 Å². The summed E-state index contributed by atoms with van der Waals surface area (Å²) < 4.78 is 39.5. The van der Waals surface area contributed by atoms with Crippen molar-refractivity contribution in [3.63, 3.8) is 0 Å². The van der Waals surface area contributed by atoms with E-state index in [0.29, 0.717) is 5.56 Å². The molecule has 4 heteroatoms. The van der Waals surface area contributed by atoms with Gasteiger partial charge in [-0.05, 0) is 49.2 Å². The summed E-state index contributed by atoms with van der Waals surface area (Å²) >= 11 is 0. The molecule has 1 nitrogen and oxygen atoms in total. The van der Waals surface area contributed by atoms with Gasteiger partial charge < -0.3 is 5.32 Å². The monoisotopic (exact) mass is 279 g/mol. The first kappa shape index (κ1) is 14.6. The minimum Gasteiger partial charge on any atom is -0.304 e. The quantitative estimate of drug-likeness (QED) is 0.868. The number of hydrogen-bond acceptors (Lipinski definition) is 1. The van der Waals surface area contributed by atoms with Crippen molar-refractivity contribution < 1.29 is 13.2 Å². The third-order valence-electron chi connectivity index (χ3n) is 3.23. The molecule has 2 rings (SSSR count). The van der Waals surface area contributed by atoms with Gasteiger partial charge in [-0.1, -0.05) is 12.1 Å². The van der Waals surface area contributed by atoms with Crippen LogP contribution in [-0.4, -0.2) is 0 Å². The first-order valence-electron chi connectivity index (χ1n) is 6.43. The van der Waals surface area contributed by atoms with Crippen LogP contribution in [0.2, 0.25) is 0 Å². The summed E-state index contributed by atoms with van der Waals surface area (Å²) in [4.78, 5) is 0. The topological polar surface area (TPSA) is 12.0 Å². The maximum atomic E-state index is 13.2. The molecule has 2 aromatic carbocycles. The second-order valence-corrected chi connectivity index (χ2v) is 4.87. The van der Waals surface area contributed by atoms with Crippen molar-refractivity contribution in [1.29, 1.82) is 0 Å². The smallest absolute Gasteiger partial charge is 0.126 e. The highest BCUT2D eigenvalue weighted by atomic mass is 19.1. The maximum absolute atomic E-state index is 13.2. The van der Waals surface area contributed by atoms with Crippen LogP contribution in [0.1, 0.15) is 37.1 Å². The molecule has 1 N–H and O–H groups in total. The molecular weight excluding hydrogens is 263 g/mol. The predicted octanol–water partition coefficient (Wildman–Crippen LogP) is 4.52. The number of rotatable bonds is 4. The summed E-state index contributed by atoms with van der Waals surface area (Å²) in [5, 5.41) is 3.19. The second-order valence-electron chi connectivity index (χ2n) is 4.87. The summed E-state index contributed by atoms with van der Waals surface area (Å²) in [6.07, 6.45) is 0. The average Bonchev–Trinajstić information content (AvgIpc) is 2.37. The molecule has 0 aliphatic heterocycles. The van der Waals surface area contributed by atoms with E-state index in [-0.39, 0.29) is 17.9 Å². The standard InChI is InChI=1S/C16H16F3N/c1-10(12-4-3-5-14(17)6-12)20-11(2)13-7-15(18)9-16(19)8-13/h3-11,20H,1-2H3. The third-order valence-corrected chi connectivity index (χ3v) is 3.23. The fraction of sp³-hybridized carbons (Fsp3) is 0.250. The van der Waals surface area contributed by atoms with Crippen LogP contribution in [0.3, 0.4) is 0 Å². The Balaban J connectivity index is 2.12. The third kappa shape index (κ3) is 3.61. The Hall–Kier alpha value is -1.81. The highest BCUT2D eigenvalue weighted by Crippen LogP contribution is 2.21. The molecule has 0 saturated carbocycles. The van der Waals surface area contributed by atoms with E-state index in [1.165, 1.54) is 24.3 Å². The van der Waals surface area contributed by atoms with Crippen molar-refractivity contribution in [3.05, 3.63) is 71.0 Å². The zero-order chi connectivity index (χ0) is 14.7. The Morgan fingerprint density at radius 3 is 1.90 bits per heavy atom. The Labute approximate surface area is 116 Å². The molecule has 0 saturated heterocycles. The zero-order valence-electron chi connectivity index (χ0n) is 11.3. The molecule has 2 unspecified atom stereocenters. The Morgan fingerprint density at radius 2 is 1.30 bits per heavy atom. The SMILES string of the molecule is CC(NC(C)c1cc(F)cc(F)c1)c1cccc(F)c1. The highest BCUT2D eigenvalue weighted by molar-refractivity contribution is 5.23. The minimum absolute atomic E-state index is 0.132. The van der Waals surface area contributed by atoms with Crippen LogP contribution in [-0.2, 0) is 0 Å². The Kier molecular flexibility index (Phi) is 4.45. The molecule has 0 bridgehead atoms. The number of halogens is 3. The highest BCUT2D eigenvalue weighted by Gasteiger charge is 2.13. The molecule has 0 heterocycles. The van der Waals surface area contributed by atoms with Crippen molar-refractivity contribution in [2.45, 2.75) is 25.9 Å². The lowest BCUT2D eigenvalue weighted by atomic mass is 10.0. The van der Waals surface area contributed by atoms with E-state index in [2.05, 4.69) is 5.32 Å². The number of hydrogen-bond donors (Lipinski definition) is 1. The minimum atomic E-state index is -0.605. The molecule has 0 radical (unpaired) electrons. The molecule has 2 aromatic rings. The van der Waals surface area contributed by atoms with Gasteiger partial charge in [-0.25, -0.2) is 13.2 Å². The summed E-state index contributed by atoms with van der Waals surface area (Å²) in [5.41, 5.74) is 1.31. The summed E-state index contributed by atoms with van der Waals surface area (Å²) in [6, 6.07) is 9.29. The van der Waals surface area contributed by atoms with Crippen molar-refractivity contribution in [1.82, 2.24) is 5.32 Å². The molecule has 2 atom stereocenters. The maximum Gasteiger partial charge on any atom is 0.126 e. The molecular formula is C16H16F3N. The molecule has 20 heavy (non-hydrogen) atoms. The van der Waals surface area contributed by atoms with Crippen molar-refractivity contribution in [2.75, 3.05) is 0 Å². The van der Waals surface area contributed by atoms with Crippen LogP contribution < -0.4 is 5.32 Å².